The Morgan fingerprint density at radius 3 is 3.12 bits per heavy atom. The number of hydrogen-bond donors (Lipinski definition) is 1. The fraction of sp³-hybridized carbons (Fsp3) is 0.222. The average molecular weight is 219 g/mol. The molecule has 0 unspecified atom stereocenters. The molecule has 0 fully saturated rings. The first-order chi connectivity index (χ1) is 7.81. The zero-order chi connectivity index (χ0) is 11.4. The number of aromatic nitrogens is 5. The molecule has 2 aromatic rings. The molecule has 0 aliphatic carbocycles. The van der Waals surface area contributed by atoms with E-state index < -0.39 is 5.97 Å². The fourth-order valence-corrected chi connectivity index (χ4v) is 1.11. The summed E-state index contributed by atoms with van der Waals surface area (Å²) in [7, 11) is 0. The van der Waals surface area contributed by atoms with Gasteiger partial charge in [-0.2, -0.15) is 15.4 Å². The van der Waals surface area contributed by atoms with E-state index in [9.17, 15) is 4.79 Å². The predicted octanol–water partition coefficient (Wildman–Crippen LogP) is 0.438. The van der Waals surface area contributed by atoms with Crippen LogP contribution in [0.5, 0.6) is 0 Å². The minimum absolute atomic E-state index is 0.204. The van der Waals surface area contributed by atoms with Gasteiger partial charge in [0.05, 0.1) is 12.8 Å². The van der Waals surface area contributed by atoms with Crippen LogP contribution in [0.4, 0.5) is 0 Å². The van der Waals surface area contributed by atoms with Gasteiger partial charge in [0.25, 0.3) is 0 Å². The lowest BCUT2D eigenvalue weighted by Crippen LogP contribution is -2.08. The van der Waals surface area contributed by atoms with Crippen molar-refractivity contribution in [3.05, 3.63) is 24.2 Å². The number of nitrogens with zero attached hydrogens (tertiary/aromatic N) is 4. The molecular weight excluding hydrogens is 210 g/mol. The first-order valence-corrected chi connectivity index (χ1v) is 4.67. The molecule has 0 bridgehead atoms. The van der Waals surface area contributed by atoms with Crippen LogP contribution in [0.1, 0.15) is 17.4 Å². The van der Waals surface area contributed by atoms with Crippen LogP contribution in [0.2, 0.25) is 0 Å². The number of carbonyl (C=O) groups excluding carboxylic acids is 1. The van der Waals surface area contributed by atoms with Crippen molar-refractivity contribution in [1.29, 1.82) is 0 Å². The topological polar surface area (TPSA) is 93.7 Å². The van der Waals surface area contributed by atoms with Gasteiger partial charge in [-0.3, -0.25) is 0 Å². The lowest BCUT2D eigenvalue weighted by molar-refractivity contribution is 0.0519. The zero-order valence-electron chi connectivity index (χ0n) is 8.54. The molecular formula is C9H9N5O2. The van der Waals surface area contributed by atoms with Crippen molar-refractivity contribution in [1.82, 2.24) is 25.4 Å². The molecule has 2 heterocycles. The van der Waals surface area contributed by atoms with Crippen molar-refractivity contribution < 1.29 is 9.53 Å². The lowest BCUT2D eigenvalue weighted by Gasteiger charge is -2.01. The van der Waals surface area contributed by atoms with Crippen molar-refractivity contribution >= 4 is 5.97 Å². The summed E-state index contributed by atoms with van der Waals surface area (Å²) in [5.41, 5.74) is 0.681. The highest BCUT2D eigenvalue weighted by molar-refractivity contribution is 5.87. The van der Waals surface area contributed by atoms with Crippen molar-refractivity contribution in [3.8, 4) is 11.5 Å². The minimum Gasteiger partial charge on any atom is -0.461 e. The third kappa shape index (κ3) is 2.02. The molecule has 1 N–H and O–H groups in total. The molecule has 2 aromatic heterocycles. The third-order valence-electron chi connectivity index (χ3n) is 1.78. The zero-order valence-corrected chi connectivity index (χ0v) is 8.54. The van der Waals surface area contributed by atoms with Crippen LogP contribution in [-0.2, 0) is 4.74 Å². The van der Waals surface area contributed by atoms with Crippen LogP contribution in [0.3, 0.4) is 0 Å². The molecule has 0 radical (unpaired) electrons. The number of nitrogens with one attached hydrogen (secondary N) is 1. The van der Waals surface area contributed by atoms with E-state index in [4.69, 9.17) is 4.74 Å². The molecule has 7 nitrogen and oxygen atoms in total. The van der Waals surface area contributed by atoms with E-state index >= 15 is 0 Å². The summed E-state index contributed by atoms with van der Waals surface area (Å²) in [6, 6.07) is 1.49. The third-order valence-corrected chi connectivity index (χ3v) is 1.78. The number of aromatic amines is 1. The Balaban J connectivity index is 2.30. The standard InChI is InChI=1S/C9H9N5O2/c1-2-16-9(15)6-3-4-10-8(12-6)7-5-11-14-13-7/h3-5H,2H2,1H3,(H,11,13,14). The molecule has 0 saturated carbocycles. The Kier molecular flexibility index (Phi) is 2.86. The highest BCUT2D eigenvalue weighted by Gasteiger charge is 2.11. The van der Waals surface area contributed by atoms with E-state index in [-0.39, 0.29) is 5.69 Å². The Hall–Kier alpha value is -2.31. The summed E-state index contributed by atoms with van der Waals surface area (Å²) >= 11 is 0. The molecule has 0 aromatic carbocycles. The highest BCUT2D eigenvalue weighted by Crippen LogP contribution is 2.09. The molecule has 0 saturated heterocycles. The molecule has 16 heavy (non-hydrogen) atoms. The number of esters is 1. The summed E-state index contributed by atoms with van der Waals surface area (Å²) in [5, 5.41) is 9.90. The first kappa shape index (κ1) is 10.2. The molecule has 0 spiro atoms. The van der Waals surface area contributed by atoms with Gasteiger partial charge in [-0.15, -0.1) is 0 Å². The van der Waals surface area contributed by atoms with E-state index in [0.29, 0.717) is 18.1 Å². The van der Waals surface area contributed by atoms with Gasteiger partial charge in [-0.25, -0.2) is 14.8 Å². The normalized spacial score (nSPS) is 10.1. The molecule has 0 atom stereocenters. The van der Waals surface area contributed by atoms with Gasteiger partial charge in [0.15, 0.2) is 11.5 Å². The Morgan fingerprint density at radius 1 is 1.56 bits per heavy atom. The van der Waals surface area contributed by atoms with E-state index in [1.54, 1.807) is 6.92 Å². The van der Waals surface area contributed by atoms with E-state index in [1.165, 1.54) is 18.5 Å². The second-order valence-corrected chi connectivity index (χ2v) is 2.84. The highest BCUT2D eigenvalue weighted by atomic mass is 16.5. The molecule has 2 rings (SSSR count). The quantitative estimate of drug-likeness (QED) is 0.752. The monoisotopic (exact) mass is 219 g/mol. The summed E-state index contributed by atoms with van der Waals surface area (Å²) in [6.07, 6.45) is 2.95. The number of hydrogen-bond acceptors (Lipinski definition) is 6. The molecule has 0 amide bonds. The lowest BCUT2D eigenvalue weighted by atomic mass is 10.3. The fourth-order valence-electron chi connectivity index (χ4n) is 1.11. The number of carbonyl (C=O) groups is 1. The smallest absolute Gasteiger partial charge is 0.357 e. The van der Waals surface area contributed by atoms with Gasteiger partial charge >= 0.3 is 5.97 Å². The number of H-pyrrole nitrogens is 1. The summed E-state index contributed by atoms with van der Waals surface area (Å²) < 4.78 is 4.83. The Bertz CT molecular complexity index is 482. The van der Waals surface area contributed by atoms with Crippen LogP contribution in [0.15, 0.2) is 18.5 Å². The van der Waals surface area contributed by atoms with Crippen LogP contribution >= 0.6 is 0 Å². The van der Waals surface area contributed by atoms with Crippen LogP contribution in [0, 0.1) is 0 Å². The largest absolute Gasteiger partial charge is 0.461 e. The molecule has 0 aliphatic heterocycles. The van der Waals surface area contributed by atoms with E-state index in [2.05, 4.69) is 25.4 Å². The van der Waals surface area contributed by atoms with Crippen LogP contribution < -0.4 is 0 Å². The number of rotatable bonds is 3. The van der Waals surface area contributed by atoms with E-state index in [0.717, 1.165) is 0 Å². The second kappa shape index (κ2) is 4.47. The predicted molar refractivity (Wildman–Crippen MR) is 53.4 cm³/mol. The maximum Gasteiger partial charge on any atom is 0.357 e. The minimum atomic E-state index is -0.477. The van der Waals surface area contributed by atoms with E-state index in [1.807, 2.05) is 0 Å². The summed E-state index contributed by atoms with van der Waals surface area (Å²) in [5.74, 6) is -0.144. The maximum absolute atomic E-state index is 11.4. The van der Waals surface area contributed by atoms with Crippen LogP contribution in [-0.4, -0.2) is 38.0 Å². The van der Waals surface area contributed by atoms with Crippen LogP contribution in [0.25, 0.3) is 11.5 Å². The van der Waals surface area contributed by atoms with Gasteiger partial charge in [0, 0.05) is 6.20 Å². The van der Waals surface area contributed by atoms with Gasteiger partial charge in [-0.1, -0.05) is 0 Å². The average Bonchev–Trinajstić information content (AvgIpc) is 2.83. The van der Waals surface area contributed by atoms with Crippen molar-refractivity contribution in [2.24, 2.45) is 0 Å². The van der Waals surface area contributed by atoms with Crippen molar-refractivity contribution in [2.45, 2.75) is 6.92 Å². The van der Waals surface area contributed by atoms with Crippen molar-refractivity contribution in [2.75, 3.05) is 6.61 Å². The molecule has 7 heteroatoms. The van der Waals surface area contributed by atoms with Gasteiger partial charge < -0.3 is 4.74 Å². The SMILES string of the molecule is CCOC(=O)c1ccnc(-c2cn[nH]n2)n1. The molecule has 82 valence electrons. The second-order valence-electron chi connectivity index (χ2n) is 2.84. The Morgan fingerprint density at radius 2 is 2.44 bits per heavy atom. The van der Waals surface area contributed by atoms with Gasteiger partial charge in [0.1, 0.15) is 5.69 Å². The first-order valence-electron chi connectivity index (χ1n) is 4.67. The van der Waals surface area contributed by atoms with Gasteiger partial charge in [0.2, 0.25) is 0 Å². The summed E-state index contributed by atoms with van der Waals surface area (Å²) in [6.45, 7) is 2.04. The molecule has 0 aliphatic rings. The van der Waals surface area contributed by atoms with Crippen molar-refractivity contribution in [3.63, 3.8) is 0 Å². The Labute approximate surface area is 90.9 Å². The maximum atomic E-state index is 11.4. The number of ether oxygens (including phenoxy) is 1. The summed E-state index contributed by atoms with van der Waals surface area (Å²) in [4.78, 5) is 19.4. The van der Waals surface area contributed by atoms with Gasteiger partial charge in [-0.05, 0) is 13.0 Å².